The minimum Gasteiger partial charge on any atom is -0.508 e. The van der Waals surface area contributed by atoms with Crippen molar-refractivity contribution in [1.82, 2.24) is 15.5 Å². The summed E-state index contributed by atoms with van der Waals surface area (Å²) < 4.78 is 0. The van der Waals surface area contributed by atoms with Crippen LogP contribution in [0.2, 0.25) is 0 Å². The summed E-state index contributed by atoms with van der Waals surface area (Å²) in [5.74, 6) is -1.94. The number of carboxylic acid groups (broad SMARTS) is 1. The molecule has 0 bridgehead atoms. The first-order valence-electron chi connectivity index (χ1n) is 11.7. The number of likely N-dealkylation sites (tertiary alicyclic amines) is 1. The van der Waals surface area contributed by atoms with Crippen LogP contribution in [0.1, 0.15) is 38.7 Å². The second kappa shape index (κ2) is 13.3. The zero-order valence-corrected chi connectivity index (χ0v) is 21.2. The quantitative estimate of drug-likeness (QED) is 0.276. The predicted molar refractivity (Wildman–Crippen MR) is 134 cm³/mol. The van der Waals surface area contributed by atoms with E-state index in [0.29, 0.717) is 37.1 Å². The number of rotatable bonds is 12. The third-order valence-electron chi connectivity index (χ3n) is 6.08. The lowest BCUT2D eigenvalue weighted by Crippen LogP contribution is -2.57. The highest BCUT2D eigenvalue weighted by atomic mass is 32.2. The van der Waals surface area contributed by atoms with Gasteiger partial charge in [0.2, 0.25) is 17.7 Å². The Morgan fingerprint density at radius 1 is 1.14 bits per heavy atom. The van der Waals surface area contributed by atoms with Crippen molar-refractivity contribution < 1.29 is 29.4 Å². The first kappa shape index (κ1) is 28.4. The Bertz CT molecular complexity index is 895. The molecule has 1 heterocycles. The number of aromatic hydroxyl groups is 1. The Balaban J connectivity index is 2.12. The number of benzene rings is 1. The molecule has 1 aliphatic heterocycles. The third kappa shape index (κ3) is 8.14. The Morgan fingerprint density at radius 2 is 1.80 bits per heavy atom. The molecular weight excluding hydrogens is 472 g/mol. The van der Waals surface area contributed by atoms with Gasteiger partial charge in [0.15, 0.2) is 0 Å². The van der Waals surface area contributed by atoms with Crippen LogP contribution in [-0.4, -0.2) is 81.5 Å². The minimum absolute atomic E-state index is 0.0293. The summed E-state index contributed by atoms with van der Waals surface area (Å²) in [7, 11) is 0. The molecule has 0 aliphatic carbocycles. The lowest BCUT2D eigenvalue weighted by atomic mass is 10.0. The molecule has 11 heteroatoms. The molecule has 0 aromatic heterocycles. The largest absolute Gasteiger partial charge is 0.508 e. The molecule has 1 aromatic rings. The standard InChI is InChI=1S/C24H36N4O6S/c1-14(2)20(25)22(31)26-17(10-12-35-3)23(32)28-11-4-5-19(28)21(30)27-18(24(33)34)13-15-6-8-16(29)9-7-15/h6-9,14,17-20,29H,4-5,10-13,25H2,1-3H3,(H,26,31)(H,27,30)(H,33,34). The maximum Gasteiger partial charge on any atom is 0.326 e. The van der Waals surface area contributed by atoms with Crippen molar-refractivity contribution in [3.05, 3.63) is 29.8 Å². The topological polar surface area (TPSA) is 162 Å². The van der Waals surface area contributed by atoms with Gasteiger partial charge in [-0.25, -0.2) is 4.79 Å². The zero-order valence-electron chi connectivity index (χ0n) is 20.4. The third-order valence-corrected chi connectivity index (χ3v) is 6.72. The van der Waals surface area contributed by atoms with Gasteiger partial charge in [0.25, 0.3) is 0 Å². The summed E-state index contributed by atoms with van der Waals surface area (Å²) in [6.07, 6.45) is 3.31. The van der Waals surface area contributed by atoms with Crippen LogP contribution in [0.3, 0.4) is 0 Å². The first-order valence-corrected chi connectivity index (χ1v) is 13.1. The van der Waals surface area contributed by atoms with Crippen LogP contribution < -0.4 is 16.4 Å². The number of aliphatic carboxylic acids is 1. The number of carbonyl (C=O) groups excluding carboxylic acids is 3. The van der Waals surface area contributed by atoms with Crippen molar-refractivity contribution in [2.45, 2.75) is 63.7 Å². The predicted octanol–water partition coefficient (Wildman–Crippen LogP) is 0.716. The van der Waals surface area contributed by atoms with Gasteiger partial charge in [0.05, 0.1) is 6.04 Å². The molecule has 6 N–H and O–H groups in total. The van der Waals surface area contributed by atoms with Crippen molar-refractivity contribution >= 4 is 35.5 Å². The lowest BCUT2D eigenvalue weighted by molar-refractivity contribution is -0.145. The molecule has 1 fully saturated rings. The van der Waals surface area contributed by atoms with Crippen LogP contribution in [-0.2, 0) is 25.6 Å². The highest BCUT2D eigenvalue weighted by Gasteiger charge is 2.39. The number of carboxylic acids is 1. The fraction of sp³-hybridized carbons (Fsp3) is 0.583. The summed E-state index contributed by atoms with van der Waals surface area (Å²) in [5, 5.41) is 24.4. The van der Waals surface area contributed by atoms with Crippen molar-refractivity contribution in [1.29, 1.82) is 0 Å². The molecule has 1 aromatic carbocycles. The second-order valence-corrected chi connectivity index (χ2v) is 10.1. The average molecular weight is 509 g/mol. The molecular formula is C24H36N4O6S. The van der Waals surface area contributed by atoms with E-state index in [1.165, 1.54) is 28.8 Å². The molecule has 1 aliphatic rings. The van der Waals surface area contributed by atoms with Gasteiger partial charge in [-0.15, -0.1) is 0 Å². The van der Waals surface area contributed by atoms with Crippen molar-refractivity contribution in [3.8, 4) is 5.75 Å². The number of nitrogens with one attached hydrogen (secondary N) is 2. The van der Waals surface area contributed by atoms with Gasteiger partial charge in [0, 0.05) is 13.0 Å². The average Bonchev–Trinajstić information content (AvgIpc) is 3.31. The maximum absolute atomic E-state index is 13.4. The van der Waals surface area contributed by atoms with Gasteiger partial charge in [0.1, 0.15) is 23.9 Å². The zero-order chi connectivity index (χ0) is 26.1. The van der Waals surface area contributed by atoms with E-state index in [9.17, 15) is 29.4 Å². The van der Waals surface area contributed by atoms with Crippen molar-refractivity contribution in [3.63, 3.8) is 0 Å². The number of nitrogens with two attached hydrogens (primary N) is 1. The monoisotopic (exact) mass is 508 g/mol. The number of phenols is 1. The molecule has 0 saturated carbocycles. The summed E-state index contributed by atoms with van der Waals surface area (Å²) in [5.41, 5.74) is 6.58. The second-order valence-electron chi connectivity index (χ2n) is 9.07. The maximum atomic E-state index is 13.4. The van der Waals surface area contributed by atoms with E-state index < -0.39 is 42.0 Å². The number of phenolic OH excluding ortho intramolecular Hbond substituents is 1. The van der Waals surface area contributed by atoms with Gasteiger partial charge in [-0.05, 0) is 54.9 Å². The summed E-state index contributed by atoms with van der Waals surface area (Å²) in [6, 6.07) is 2.47. The van der Waals surface area contributed by atoms with E-state index >= 15 is 0 Å². The lowest BCUT2D eigenvalue weighted by Gasteiger charge is -2.30. The van der Waals surface area contributed by atoms with Crippen molar-refractivity contribution in [2.24, 2.45) is 11.7 Å². The van der Waals surface area contributed by atoms with Crippen LogP contribution >= 0.6 is 11.8 Å². The molecule has 10 nitrogen and oxygen atoms in total. The van der Waals surface area contributed by atoms with E-state index in [0.717, 1.165) is 0 Å². The summed E-state index contributed by atoms with van der Waals surface area (Å²) in [6.45, 7) is 3.98. The van der Waals surface area contributed by atoms with E-state index in [1.807, 2.05) is 20.1 Å². The minimum atomic E-state index is -1.20. The number of hydrogen-bond acceptors (Lipinski definition) is 7. The Labute approximate surface area is 210 Å². The van der Waals surface area contributed by atoms with E-state index in [4.69, 9.17) is 5.73 Å². The summed E-state index contributed by atoms with van der Waals surface area (Å²) in [4.78, 5) is 52.2. The van der Waals surface area contributed by atoms with Gasteiger partial charge in [-0.2, -0.15) is 11.8 Å². The van der Waals surface area contributed by atoms with Crippen LogP contribution in [0, 0.1) is 5.92 Å². The molecule has 194 valence electrons. The molecule has 0 spiro atoms. The Morgan fingerprint density at radius 3 is 2.37 bits per heavy atom. The van der Waals surface area contributed by atoms with Crippen LogP contribution in [0.25, 0.3) is 0 Å². The SMILES string of the molecule is CSCCC(NC(=O)C(N)C(C)C)C(=O)N1CCCC1C(=O)NC(Cc1ccc(O)cc1)C(=O)O. The smallest absolute Gasteiger partial charge is 0.326 e. The van der Waals surface area contributed by atoms with Gasteiger partial charge >= 0.3 is 5.97 Å². The highest BCUT2D eigenvalue weighted by Crippen LogP contribution is 2.21. The Kier molecular flexibility index (Phi) is 10.8. The number of thioether (sulfide) groups is 1. The van der Waals surface area contributed by atoms with Gasteiger partial charge in [-0.1, -0.05) is 26.0 Å². The number of nitrogens with zero attached hydrogens (tertiary/aromatic N) is 1. The molecule has 35 heavy (non-hydrogen) atoms. The first-order chi connectivity index (χ1) is 16.5. The molecule has 3 amide bonds. The normalized spacial score (nSPS) is 18.1. The van der Waals surface area contributed by atoms with Crippen LogP contribution in [0.4, 0.5) is 0 Å². The molecule has 0 radical (unpaired) electrons. The van der Waals surface area contributed by atoms with E-state index in [1.54, 1.807) is 12.1 Å². The van der Waals surface area contributed by atoms with Gasteiger partial charge in [-0.3, -0.25) is 14.4 Å². The van der Waals surface area contributed by atoms with Crippen LogP contribution in [0.5, 0.6) is 5.75 Å². The molecule has 4 unspecified atom stereocenters. The fourth-order valence-electron chi connectivity index (χ4n) is 3.90. The van der Waals surface area contributed by atoms with E-state index in [-0.39, 0.29) is 24.0 Å². The summed E-state index contributed by atoms with van der Waals surface area (Å²) >= 11 is 1.54. The van der Waals surface area contributed by atoms with E-state index in [2.05, 4.69) is 10.6 Å². The molecule has 2 rings (SSSR count). The molecule has 1 saturated heterocycles. The number of hydrogen-bond donors (Lipinski definition) is 5. The number of carbonyl (C=O) groups is 4. The number of amides is 3. The van der Waals surface area contributed by atoms with Crippen molar-refractivity contribution in [2.75, 3.05) is 18.6 Å². The highest BCUT2D eigenvalue weighted by molar-refractivity contribution is 7.98. The molecule has 4 atom stereocenters. The fourth-order valence-corrected chi connectivity index (χ4v) is 4.37. The Hall–Kier alpha value is -2.79. The van der Waals surface area contributed by atoms with Gasteiger partial charge < -0.3 is 31.5 Å². The van der Waals surface area contributed by atoms with Crippen LogP contribution in [0.15, 0.2) is 24.3 Å².